The van der Waals surface area contributed by atoms with Crippen LogP contribution in [0.4, 0.5) is 0 Å². The van der Waals surface area contributed by atoms with E-state index in [-0.39, 0.29) is 25.1 Å². The molecule has 0 unspecified atom stereocenters. The number of carbonyl (C=O) groups is 1. The molecule has 1 aromatic heterocycles. The topological polar surface area (TPSA) is 110 Å². The summed E-state index contributed by atoms with van der Waals surface area (Å²) in [4.78, 5) is 19.9. The number of hydrogen-bond acceptors (Lipinski definition) is 6. The normalized spacial score (nSPS) is 17.5. The van der Waals surface area contributed by atoms with Gasteiger partial charge in [0.1, 0.15) is 11.8 Å². The fourth-order valence-corrected chi connectivity index (χ4v) is 4.50. The van der Waals surface area contributed by atoms with Crippen molar-refractivity contribution in [1.29, 1.82) is 0 Å². The molecule has 0 spiro atoms. The number of benzene rings is 1. The summed E-state index contributed by atoms with van der Waals surface area (Å²) in [5.41, 5.74) is 1.86. The van der Waals surface area contributed by atoms with Gasteiger partial charge in [0, 0.05) is 18.8 Å². The Balaban J connectivity index is 1.78. The number of carboxylic acid groups (broad SMARTS) is 1. The highest BCUT2D eigenvalue weighted by Gasteiger charge is 2.39. The van der Waals surface area contributed by atoms with Crippen molar-refractivity contribution in [2.75, 3.05) is 12.9 Å². The van der Waals surface area contributed by atoms with Crippen molar-refractivity contribution in [2.45, 2.75) is 25.4 Å². The van der Waals surface area contributed by atoms with E-state index in [9.17, 15) is 18.3 Å². The Labute approximate surface area is 151 Å². The van der Waals surface area contributed by atoms with Gasteiger partial charge in [-0.15, -0.1) is 0 Å². The molecular formula is C17H19N3O5S. The second kappa shape index (κ2) is 7.38. The minimum Gasteiger partial charge on any atom is -0.497 e. The third-order valence-electron chi connectivity index (χ3n) is 4.35. The van der Waals surface area contributed by atoms with E-state index >= 15 is 0 Å². The number of methoxy groups -OCH3 is 1. The van der Waals surface area contributed by atoms with Gasteiger partial charge in [0.05, 0.1) is 30.8 Å². The minimum atomic E-state index is -3.78. The van der Waals surface area contributed by atoms with Crippen LogP contribution in [0.15, 0.2) is 36.7 Å². The second-order valence-electron chi connectivity index (χ2n) is 5.97. The Kier molecular flexibility index (Phi) is 5.19. The van der Waals surface area contributed by atoms with Gasteiger partial charge in [0.2, 0.25) is 10.0 Å². The molecule has 0 bridgehead atoms. The third kappa shape index (κ3) is 3.83. The standard InChI is InChI=1S/C17H19N3O5S/c1-25-13-4-2-12(3-5-13)6-9-26(23,24)20-11-15-14(18-7-8-19-15)10-16(20)17(21)22/h2-5,7-8,16H,6,9-11H2,1H3,(H,21,22)/t16-/m1/s1. The molecule has 0 fully saturated rings. The molecule has 2 aromatic rings. The number of hydrogen-bond donors (Lipinski definition) is 1. The van der Waals surface area contributed by atoms with Gasteiger partial charge in [-0.05, 0) is 24.1 Å². The van der Waals surface area contributed by atoms with Crippen molar-refractivity contribution in [2.24, 2.45) is 0 Å². The third-order valence-corrected chi connectivity index (χ3v) is 6.17. The molecular weight excluding hydrogens is 358 g/mol. The Morgan fingerprint density at radius 3 is 2.50 bits per heavy atom. The van der Waals surface area contributed by atoms with E-state index in [0.29, 0.717) is 17.1 Å². The summed E-state index contributed by atoms with van der Waals surface area (Å²) in [7, 11) is -2.22. The smallest absolute Gasteiger partial charge is 0.322 e. The first-order valence-corrected chi connectivity index (χ1v) is 9.65. The summed E-state index contributed by atoms with van der Waals surface area (Å²) in [5.74, 6) is -0.679. The Bertz CT molecular complexity index is 899. The van der Waals surface area contributed by atoms with Crippen LogP contribution in [0.5, 0.6) is 5.75 Å². The fourth-order valence-electron chi connectivity index (χ4n) is 2.90. The van der Waals surface area contributed by atoms with Gasteiger partial charge in [-0.1, -0.05) is 12.1 Å². The van der Waals surface area contributed by atoms with Crippen LogP contribution in [0.2, 0.25) is 0 Å². The summed E-state index contributed by atoms with van der Waals surface area (Å²) in [5, 5.41) is 9.47. The van der Waals surface area contributed by atoms with E-state index < -0.39 is 22.0 Å². The molecule has 1 aliphatic rings. The van der Waals surface area contributed by atoms with Gasteiger partial charge in [0.25, 0.3) is 0 Å². The SMILES string of the molecule is COc1ccc(CCS(=O)(=O)N2Cc3nccnc3C[C@@H]2C(=O)O)cc1. The van der Waals surface area contributed by atoms with E-state index in [1.54, 1.807) is 31.4 Å². The van der Waals surface area contributed by atoms with Crippen LogP contribution < -0.4 is 4.74 Å². The van der Waals surface area contributed by atoms with E-state index in [4.69, 9.17) is 4.74 Å². The molecule has 0 amide bonds. The van der Waals surface area contributed by atoms with Gasteiger partial charge < -0.3 is 9.84 Å². The predicted octanol–water partition coefficient (Wildman–Crippen LogP) is 0.869. The highest BCUT2D eigenvalue weighted by Crippen LogP contribution is 2.24. The summed E-state index contributed by atoms with van der Waals surface area (Å²) in [6.07, 6.45) is 3.25. The van der Waals surface area contributed by atoms with Crippen molar-refractivity contribution in [1.82, 2.24) is 14.3 Å². The number of aryl methyl sites for hydroxylation is 1. The van der Waals surface area contributed by atoms with Gasteiger partial charge in [0.15, 0.2) is 0 Å². The van der Waals surface area contributed by atoms with Crippen LogP contribution in [0.1, 0.15) is 17.0 Å². The molecule has 0 saturated carbocycles. The maximum atomic E-state index is 12.8. The second-order valence-corrected chi connectivity index (χ2v) is 8.01. The molecule has 1 N–H and O–H groups in total. The Hall–Kier alpha value is -2.52. The summed E-state index contributed by atoms with van der Waals surface area (Å²) < 4.78 is 31.7. The van der Waals surface area contributed by atoms with Crippen LogP contribution in [0, 0.1) is 0 Å². The molecule has 138 valence electrons. The lowest BCUT2D eigenvalue weighted by atomic mass is 10.1. The Morgan fingerprint density at radius 2 is 1.88 bits per heavy atom. The zero-order valence-electron chi connectivity index (χ0n) is 14.2. The lowest BCUT2D eigenvalue weighted by Crippen LogP contribution is -2.50. The monoisotopic (exact) mass is 377 g/mol. The molecule has 0 saturated heterocycles. The van der Waals surface area contributed by atoms with Crippen molar-refractivity contribution in [3.05, 3.63) is 53.6 Å². The highest BCUT2D eigenvalue weighted by molar-refractivity contribution is 7.89. The van der Waals surface area contributed by atoms with Gasteiger partial charge in [-0.2, -0.15) is 4.31 Å². The van der Waals surface area contributed by atoms with E-state index in [1.165, 1.54) is 12.4 Å². The zero-order valence-corrected chi connectivity index (χ0v) is 15.0. The van der Waals surface area contributed by atoms with Crippen LogP contribution in [-0.4, -0.2) is 52.7 Å². The molecule has 1 aliphatic heterocycles. The number of rotatable bonds is 6. The maximum Gasteiger partial charge on any atom is 0.322 e. The number of aromatic nitrogens is 2. The summed E-state index contributed by atoms with van der Waals surface area (Å²) in [6.45, 7) is -0.0783. The molecule has 1 atom stereocenters. The maximum absolute atomic E-state index is 12.8. The number of aliphatic carboxylic acids is 1. The zero-order chi connectivity index (χ0) is 18.7. The number of sulfonamides is 1. The lowest BCUT2D eigenvalue weighted by Gasteiger charge is -2.32. The van der Waals surface area contributed by atoms with E-state index in [0.717, 1.165) is 9.87 Å². The number of nitrogens with zero attached hydrogens (tertiary/aromatic N) is 3. The first kappa shape index (κ1) is 18.3. The summed E-state index contributed by atoms with van der Waals surface area (Å²) >= 11 is 0. The van der Waals surface area contributed by atoms with Crippen LogP contribution in [0.3, 0.4) is 0 Å². The first-order chi connectivity index (χ1) is 12.4. The van der Waals surface area contributed by atoms with Crippen LogP contribution in [-0.2, 0) is 34.2 Å². The average molecular weight is 377 g/mol. The Morgan fingerprint density at radius 1 is 1.23 bits per heavy atom. The number of carboxylic acids is 1. The van der Waals surface area contributed by atoms with Gasteiger partial charge in [-0.3, -0.25) is 14.8 Å². The molecule has 1 aromatic carbocycles. The minimum absolute atomic E-state index is 0.0142. The fraction of sp³-hybridized carbons (Fsp3) is 0.353. The average Bonchev–Trinajstić information content (AvgIpc) is 2.65. The van der Waals surface area contributed by atoms with Crippen LogP contribution in [0.25, 0.3) is 0 Å². The van der Waals surface area contributed by atoms with Crippen molar-refractivity contribution in [3.8, 4) is 5.75 Å². The molecule has 0 aliphatic carbocycles. The van der Waals surface area contributed by atoms with Crippen molar-refractivity contribution >= 4 is 16.0 Å². The van der Waals surface area contributed by atoms with Gasteiger partial charge in [-0.25, -0.2) is 8.42 Å². The van der Waals surface area contributed by atoms with Crippen LogP contribution >= 0.6 is 0 Å². The van der Waals surface area contributed by atoms with E-state index in [2.05, 4.69) is 9.97 Å². The molecule has 3 rings (SSSR count). The molecule has 9 heteroatoms. The lowest BCUT2D eigenvalue weighted by molar-refractivity contribution is -0.141. The molecule has 0 radical (unpaired) electrons. The van der Waals surface area contributed by atoms with Crippen molar-refractivity contribution < 1.29 is 23.1 Å². The van der Waals surface area contributed by atoms with Crippen molar-refractivity contribution in [3.63, 3.8) is 0 Å². The molecule has 26 heavy (non-hydrogen) atoms. The largest absolute Gasteiger partial charge is 0.497 e. The summed E-state index contributed by atoms with van der Waals surface area (Å²) in [6, 6.07) is 5.93. The molecule has 8 nitrogen and oxygen atoms in total. The number of fused-ring (bicyclic) bond motifs is 1. The molecule has 2 heterocycles. The van der Waals surface area contributed by atoms with E-state index in [1.807, 2.05) is 0 Å². The first-order valence-electron chi connectivity index (χ1n) is 8.05. The number of ether oxygens (including phenoxy) is 1. The highest BCUT2D eigenvalue weighted by atomic mass is 32.2. The quantitative estimate of drug-likeness (QED) is 0.795. The predicted molar refractivity (Wildman–Crippen MR) is 93.2 cm³/mol. The van der Waals surface area contributed by atoms with Gasteiger partial charge >= 0.3 is 5.97 Å².